The standard InChI is InChI=1S/C17H17BrFNO/c1-11-2-4-13(19)9-17(11)21-16-7-3-12(8-15(16)18)10-20-14-5-6-14/h2-4,7-9,14,20H,5-6,10H2,1H3. The molecule has 0 aromatic heterocycles. The number of aryl methyl sites for hydroxylation is 1. The minimum Gasteiger partial charge on any atom is -0.456 e. The van der Waals surface area contributed by atoms with Gasteiger partial charge in [-0.2, -0.15) is 0 Å². The fraction of sp³-hybridized carbons (Fsp3) is 0.294. The molecule has 1 aliphatic carbocycles. The van der Waals surface area contributed by atoms with Crippen LogP contribution in [-0.2, 0) is 6.54 Å². The van der Waals surface area contributed by atoms with Gasteiger partial charge in [-0.05, 0) is 65.0 Å². The number of hydrogen-bond acceptors (Lipinski definition) is 2. The highest BCUT2D eigenvalue weighted by Gasteiger charge is 2.20. The molecule has 2 nitrogen and oxygen atoms in total. The van der Waals surface area contributed by atoms with Gasteiger partial charge in [0.1, 0.15) is 17.3 Å². The molecule has 110 valence electrons. The van der Waals surface area contributed by atoms with E-state index in [1.165, 1.54) is 30.5 Å². The Balaban J connectivity index is 1.74. The first kappa shape index (κ1) is 14.5. The van der Waals surface area contributed by atoms with E-state index in [2.05, 4.69) is 21.2 Å². The van der Waals surface area contributed by atoms with Gasteiger partial charge in [-0.1, -0.05) is 12.1 Å². The second kappa shape index (κ2) is 6.16. The second-order valence-electron chi connectivity index (χ2n) is 5.43. The smallest absolute Gasteiger partial charge is 0.141 e. The predicted octanol–water partition coefficient (Wildman–Crippen LogP) is 4.94. The van der Waals surface area contributed by atoms with Crippen molar-refractivity contribution < 1.29 is 9.13 Å². The normalized spacial score (nSPS) is 14.2. The molecule has 0 saturated heterocycles. The van der Waals surface area contributed by atoms with E-state index in [0.29, 0.717) is 17.5 Å². The molecule has 1 fully saturated rings. The van der Waals surface area contributed by atoms with Crippen LogP contribution in [0.3, 0.4) is 0 Å². The van der Waals surface area contributed by atoms with Gasteiger partial charge in [-0.15, -0.1) is 0 Å². The van der Waals surface area contributed by atoms with E-state index < -0.39 is 0 Å². The number of benzene rings is 2. The third-order valence-electron chi connectivity index (χ3n) is 3.54. The summed E-state index contributed by atoms with van der Waals surface area (Å²) in [7, 11) is 0. The van der Waals surface area contributed by atoms with Gasteiger partial charge in [0.15, 0.2) is 0 Å². The summed E-state index contributed by atoms with van der Waals surface area (Å²) in [6.07, 6.45) is 2.56. The predicted molar refractivity (Wildman–Crippen MR) is 85.2 cm³/mol. The highest BCUT2D eigenvalue weighted by molar-refractivity contribution is 9.10. The van der Waals surface area contributed by atoms with Crippen molar-refractivity contribution in [3.8, 4) is 11.5 Å². The average Bonchev–Trinajstić information content (AvgIpc) is 3.27. The number of rotatable bonds is 5. The molecule has 0 unspecified atom stereocenters. The van der Waals surface area contributed by atoms with Crippen LogP contribution in [0.15, 0.2) is 40.9 Å². The van der Waals surface area contributed by atoms with Crippen LogP contribution in [0.2, 0.25) is 0 Å². The van der Waals surface area contributed by atoms with Gasteiger partial charge in [-0.25, -0.2) is 4.39 Å². The molecule has 0 bridgehead atoms. The summed E-state index contributed by atoms with van der Waals surface area (Å²) in [4.78, 5) is 0. The molecule has 21 heavy (non-hydrogen) atoms. The molecule has 0 radical (unpaired) electrons. The zero-order chi connectivity index (χ0) is 14.8. The van der Waals surface area contributed by atoms with E-state index in [1.807, 2.05) is 25.1 Å². The van der Waals surface area contributed by atoms with Crippen molar-refractivity contribution in [1.82, 2.24) is 5.32 Å². The lowest BCUT2D eigenvalue weighted by molar-refractivity contribution is 0.469. The van der Waals surface area contributed by atoms with Gasteiger partial charge >= 0.3 is 0 Å². The van der Waals surface area contributed by atoms with Crippen molar-refractivity contribution in [2.24, 2.45) is 0 Å². The Kier molecular flexibility index (Phi) is 4.27. The molecule has 0 spiro atoms. The summed E-state index contributed by atoms with van der Waals surface area (Å²) in [6.45, 7) is 2.76. The highest BCUT2D eigenvalue weighted by atomic mass is 79.9. The summed E-state index contributed by atoms with van der Waals surface area (Å²) < 4.78 is 20.0. The van der Waals surface area contributed by atoms with Gasteiger partial charge in [0.05, 0.1) is 4.47 Å². The number of hydrogen-bond donors (Lipinski definition) is 1. The summed E-state index contributed by atoms with van der Waals surface area (Å²) >= 11 is 3.52. The molecular weight excluding hydrogens is 333 g/mol. The first-order chi connectivity index (χ1) is 10.1. The van der Waals surface area contributed by atoms with Gasteiger partial charge in [0.25, 0.3) is 0 Å². The zero-order valence-corrected chi connectivity index (χ0v) is 13.4. The van der Waals surface area contributed by atoms with Crippen molar-refractivity contribution in [3.63, 3.8) is 0 Å². The van der Waals surface area contributed by atoms with E-state index in [1.54, 1.807) is 6.07 Å². The Morgan fingerprint density at radius 2 is 2.00 bits per heavy atom. The first-order valence-corrected chi connectivity index (χ1v) is 7.87. The SMILES string of the molecule is Cc1ccc(F)cc1Oc1ccc(CNC2CC2)cc1Br. The quantitative estimate of drug-likeness (QED) is 0.825. The number of ether oxygens (including phenoxy) is 1. The van der Waals surface area contributed by atoms with Crippen LogP contribution in [0.4, 0.5) is 4.39 Å². The summed E-state index contributed by atoms with van der Waals surface area (Å²) in [5.41, 5.74) is 2.11. The lowest BCUT2D eigenvalue weighted by atomic mass is 10.2. The van der Waals surface area contributed by atoms with E-state index >= 15 is 0 Å². The van der Waals surface area contributed by atoms with Crippen LogP contribution in [0, 0.1) is 12.7 Å². The molecule has 1 aliphatic rings. The monoisotopic (exact) mass is 349 g/mol. The summed E-state index contributed by atoms with van der Waals surface area (Å²) in [6, 6.07) is 11.2. The third-order valence-corrected chi connectivity index (χ3v) is 4.16. The minimum absolute atomic E-state index is 0.294. The summed E-state index contributed by atoms with van der Waals surface area (Å²) in [5, 5.41) is 3.47. The average molecular weight is 350 g/mol. The van der Waals surface area contributed by atoms with Crippen molar-refractivity contribution >= 4 is 15.9 Å². The topological polar surface area (TPSA) is 21.3 Å². The molecule has 1 saturated carbocycles. The van der Waals surface area contributed by atoms with Crippen LogP contribution >= 0.6 is 15.9 Å². The minimum atomic E-state index is -0.294. The van der Waals surface area contributed by atoms with Crippen LogP contribution in [0.25, 0.3) is 0 Å². The van der Waals surface area contributed by atoms with Crippen molar-refractivity contribution in [3.05, 3.63) is 57.8 Å². The van der Waals surface area contributed by atoms with Gasteiger partial charge < -0.3 is 10.1 Å². The van der Waals surface area contributed by atoms with Crippen LogP contribution in [-0.4, -0.2) is 6.04 Å². The lowest BCUT2D eigenvalue weighted by Crippen LogP contribution is -2.15. The number of nitrogens with one attached hydrogen (secondary N) is 1. The maximum atomic E-state index is 13.3. The van der Waals surface area contributed by atoms with Crippen LogP contribution in [0.1, 0.15) is 24.0 Å². The molecule has 0 amide bonds. The van der Waals surface area contributed by atoms with Crippen LogP contribution in [0.5, 0.6) is 11.5 Å². The van der Waals surface area contributed by atoms with E-state index in [4.69, 9.17) is 4.74 Å². The van der Waals surface area contributed by atoms with Gasteiger partial charge in [-0.3, -0.25) is 0 Å². The molecule has 0 heterocycles. The van der Waals surface area contributed by atoms with Crippen molar-refractivity contribution in [1.29, 1.82) is 0 Å². The second-order valence-corrected chi connectivity index (χ2v) is 6.29. The van der Waals surface area contributed by atoms with Gasteiger partial charge in [0.2, 0.25) is 0 Å². The maximum Gasteiger partial charge on any atom is 0.141 e. The Bertz CT molecular complexity index is 655. The molecule has 1 N–H and O–H groups in total. The zero-order valence-electron chi connectivity index (χ0n) is 11.8. The molecule has 4 heteroatoms. The van der Waals surface area contributed by atoms with E-state index in [0.717, 1.165) is 16.6 Å². The van der Waals surface area contributed by atoms with Gasteiger partial charge in [0, 0.05) is 18.7 Å². The van der Waals surface area contributed by atoms with E-state index in [9.17, 15) is 4.39 Å². The molecule has 0 atom stereocenters. The Morgan fingerprint density at radius 1 is 1.19 bits per heavy atom. The van der Waals surface area contributed by atoms with E-state index in [-0.39, 0.29) is 5.82 Å². The van der Waals surface area contributed by atoms with Crippen LogP contribution < -0.4 is 10.1 Å². The Hall–Kier alpha value is -1.39. The largest absolute Gasteiger partial charge is 0.456 e. The maximum absolute atomic E-state index is 13.3. The summed E-state index contributed by atoms with van der Waals surface area (Å²) in [5.74, 6) is 0.940. The fourth-order valence-electron chi connectivity index (χ4n) is 2.09. The highest BCUT2D eigenvalue weighted by Crippen LogP contribution is 2.32. The Labute approximate surface area is 132 Å². The third kappa shape index (κ3) is 3.83. The molecule has 3 rings (SSSR count). The number of halogens is 2. The molecular formula is C17H17BrFNO. The van der Waals surface area contributed by atoms with Crippen molar-refractivity contribution in [2.45, 2.75) is 32.4 Å². The molecule has 2 aromatic carbocycles. The first-order valence-electron chi connectivity index (χ1n) is 7.07. The lowest BCUT2D eigenvalue weighted by Gasteiger charge is -2.12. The fourth-order valence-corrected chi connectivity index (χ4v) is 2.60. The Morgan fingerprint density at radius 3 is 2.71 bits per heavy atom. The molecule has 2 aromatic rings. The van der Waals surface area contributed by atoms with Crippen molar-refractivity contribution in [2.75, 3.05) is 0 Å². The molecule has 0 aliphatic heterocycles.